The molecule has 0 radical (unpaired) electrons. The zero-order valence-electron chi connectivity index (χ0n) is 13.5. The van der Waals surface area contributed by atoms with Gasteiger partial charge in [0.05, 0.1) is 17.6 Å². The molecule has 3 unspecified atom stereocenters. The van der Waals surface area contributed by atoms with Crippen molar-refractivity contribution in [1.82, 2.24) is 15.2 Å². The summed E-state index contributed by atoms with van der Waals surface area (Å²) in [5.74, 6) is 0. The Hall–Kier alpha value is -1.13. The molecule has 2 aliphatic heterocycles. The summed E-state index contributed by atoms with van der Waals surface area (Å²) in [6.07, 6.45) is 7.14. The van der Waals surface area contributed by atoms with Crippen LogP contribution in [0.3, 0.4) is 0 Å². The third-order valence-corrected chi connectivity index (χ3v) is 5.40. The summed E-state index contributed by atoms with van der Waals surface area (Å²) in [6.45, 7) is 4.51. The van der Waals surface area contributed by atoms with Gasteiger partial charge in [-0.2, -0.15) is 0 Å². The molecule has 4 heteroatoms. The van der Waals surface area contributed by atoms with E-state index in [2.05, 4.69) is 52.4 Å². The quantitative estimate of drug-likeness (QED) is 0.922. The topological polar surface area (TPSA) is 31.4 Å². The molecule has 2 bridgehead atoms. The van der Waals surface area contributed by atoms with E-state index in [9.17, 15) is 0 Å². The Balaban J connectivity index is 1.72. The lowest BCUT2D eigenvalue weighted by molar-refractivity contribution is 0.254. The van der Waals surface area contributed by atoms with Crippen LogP contribution in [-0.4, -0.2) is 49.2 Å². The Morgan fingerprint density at radius 1 is 1.29 bits per heavy atom. The molecule has 3 atom stereocenters. The number of hydrogen-bond donors (Lipinski definition) is 1. The van der Waals surface area contributed by atoms with Crippen LogP contribution in [-0.2, 0) is 0 Å². The minimum absolute atomic E-state index is 0.366. The van der Waals surface area contributed by atoms with Gasteiger partial charge in [0.1, 0.15) is 0 Å². The Morgan fingerprint density at radius 3 is 2.76 bits per heavy atom. The highest BCUT2D eigenvalue weighted by Gasteiger charge is 2.34. The summed E-state index contributed by atoms with van der Waals surface area (Å²) < 4.78 is 0. The number of rotatable bonds is 4. The van der Waals surface area contributed by atoms with Crippen LogP contribution in [0.25, 0.3) is 0 Å². The maximum Gasteiger partial charge on any atom is 0.0574 e. The molecule has 0 aromatic carbocycles. The van der Waals surface area contributed by atoms with Gasteiger partial charge in [-0.05, 0) is 51.9 Å². The maximum atomic E-state index is 4.69. The number of hydrogen-bond acceptors (Lipinski definition) is 4. The maximum absolute atomic E-state index is 4.69. The zero-order chi connectivity index (χ0) is 14.8. The second-order valence-corrected chi connectivity index (χ2v) is 6.48. The van der Waals surface area contributed by atoms with Crippen molar-refractivity contribution in [3.05, 3.63) is 24.0 Å². The van der Waals surface area contributed by atoms with E-state index >= 15 is 0 Å². The van der Waals surface area contributed by atoms with Crippen molar-refractivity contribution in [2.45, 2.75) is 50.7 Å². The van der Waals surface area contributed by atoms with Crippen LogP contribution in [0.2, 0.25) is 0 Å². The molecule has 116 valence electrons. The van der Waals surface area contributed by atoms with E-state index < -0.39 is 0 Å². The van der Waals surface area contributed by atoms with Gasteiger partial charge in [0, 0.05) is 31.2 Å². The molecular weight excluding hydrogens is 260 g/mol. The van der Waals surface area contributed by atoms with E-state index in [-0.39, 0.29) is 0 Å². The normalized spacial score (nSPS) is 27.7. The number of likely N-dealkylation sites (N-methyl/N-ethyl adjacent to an activating group) is 1. The lowest BCUT2D eigenvalue weighted by atomic mass is 10.1. The first-order valence-corrected chi connectivity index (χ1v) is 8.33. The summed E-state index contributed by atoms with van der Waals surface area (Å²) in [6, 6.07) is 6.32. The molecule has 0 spiro atoms. The van der Waals surface area contributed by atoms with Gasteiger partial charge in [0.2, 0.25) is 0 Å². The monoisotopic (exact) mass is 288 g/mol. The predicted octanol–water partition coefficient (Wildman–Crippen LogP) is 2.43. The first kappa shape index (κ1) is 14.8. The molecular formula is C17H28N4. The van der Waals surface area contributed by atoms with Gasteiger partial charge in [-0.1, -0.05) is 6.92 Å². The Bertz CT molecular complexity index is 454. The fourth-order valence-corrected chi connectivity index (χ4v) is 3.90. The van der Waals surface area contributed by atoms with Crippen molar-refractivity contribution in [3.8, 4) is 0 Å². The van der Waals surface area contributed by atoms with E-state index in [0.29, 0.717) is 6.04 Å². The van der Waals surface area contributed by atoms with Gasteiger partial charge < -0.3 is 10.2 Å². The average molecular weight is 288 g/mol. The van der Waals surface area contributed by atoms with E-state index in [1.165, 1.54) is 24.9 Å². The molecule has 3 rings (SSSR count). The van der Waals surface area contributed by atoms with Crippen LogP contribution in [0.15, 0.2) is 18.3 Å². The third kappa shape index (κ3) is 2.92. The number of nitrogens with zero attached hydrogens (tertiary/aromatic N) is 3. The minimum Gasteiger partial charge on any atom is -0.369 e. The lowest BCUT2D eigenvalue weighted by Crippen LogP contribution is -2.36. The largest absolute Gasteiger partial charge is 0.369 e. The van der Waals surface area contributed by atoms with Crippen molar-refractivity contribution in [2.24, 2.45) is 0 Å². The van der Waals surface area contributed by atoms with Crippen molar-refractivity contribution >= 4 is 5.69 Å². The van der Waals surface area contributed by atoms with Crippen LogP contribution in [0, 0.1) is 0 Å². The molecule has 21 heavy (non-hydrogen) atoms. The summed E-state index contributed by atoms with van der Waals surface area (Å²) in [7, 11) is 4.30. The summed E-state index contributed by atoms with van der Waals surface area (Å²) in [5.41, 5.74) is 2.43. The lowest BCUT2D eigenvalue weighted by Gasteiger charge is -2.27. The highest BCUT2D eigenvalue weighted by Crippen LogP contribution is 2.30. The second kappa shape index (κ2) is 6.32. The van der Waals surface area contributed by atoms with Crippen LogP contribution < -0.4 is 10.2 Å². The third-order valence-electron chi connectivity index (χ3n) is 5.40. The van der Waals surface area contributed by atoms with Crippen molar-refractivity contribution in [3.63, 3.8) is 0 Å². The molecule has 0 saturated carbocycles. The smallest absolute Gasteiger partial charge is 0.0574 e. The first-order chi connectivity index (χ1) is 10.2. The molecule has 1 aromatic heterocycles. The average Bonchev–Trinajstić information content (AvgIpc) is 2.74. The standard InChI is InChI=1S/C17H28N4/c1-4-16(18-2)17-8-7-14(11-19-17)21-10-9-13-5-6-15(12-21)20(13)3/h7-8,11,13,15-16,18H,4-6,9-10,12H2,1-3H3. The molecule has 2 fully saturated rings. The van der Waals surface area contributed by atoms with Crippen molar-refractivity contribution in [2.75, 3.05) is 32.1 Å². The molecule has 2 aliphatic rings. The fourth-order valence-electron chi connectivity index (χ4n) is 3.90. The van der Waals surface area contributed by atoms with Crippen LogP contribution in [0.1, 0.15) is 44.3 Å². The number of aromatic nitrogens is 1. The van der Waals surface area contributed by atoms with Gasteiger partial charge >= 0.3 is 0 Å². The van der Waals surface area contributed by atoms with Crippen LogP contribution in [0.5, 0.6) is 0 Å². The highest BCUT2D eigenvalue weighted by molar-refractivity contribution is 5.45. The van der Waals surface area contributed by atoms with Crippen molar-refractivity contribution < 1.29 is 0 Å². The number of nitrogens with one attached hydrogen (secondary N) is 1. The Kier molecular flexibility index (Phi) is 4.45. The minimum atomic E-state index is 0.366. The van der Waals surface area contributed by atoms with Gasteiger partial charge in [0.15, 0.2) is 0 Å². The van der Waals surface area contributed by atoms with E-state index in [0.717, 1.165) is 37.3 Å². The van der Waals surface area contributed by atoms with E-state index in [1.807, 2.05) is 7.05 Å². The summed E-state index contributed by atoms with van der Waals surface area (Å²) >= 11 is 0. The van der Waals surface area contributed by atoms with Crippen molar-refractivity contribution in [1.29, 1.82) is 0 Å². The van der Waals surface area contributed by atoms with Gasteiger partial charge in [-0.15, -0.1) is 0 Å². The highest BCUT2D eigenvalue weighted by atomic mass is 15.3. The van der Waals surface area contributed by atoms with Crippen LogP contribution >= 0.6 is 0 Å². The molecule has 1 N–H and O–H groups in total. The number of anilines is 1. The predicted molar refractivity (Wildman–Crippen MR) is 87.7 cm³/mol. The Labute approximate surface area is 128 Å². The molecule has 0 aliphatic carbocycles. The zero-order valence-corrected chi connectivity index (χ0v) is 13.5. The van der Waals surface area contributed by atoms with Gasteiger partial charge in [-0.3, -0.25) is 9.88 Å². The summed E-state index contributed by atoms with van der Waals surface area (Å²) in [5, 5.41) is 3.32. The molecule has 1 aromatic rings. The first-order valence-electron chi connectivity index (χ1n) is 8.33. The van der Waals surface area contributed by atoms with Gasteiger partial charge in [0.25, 0.3) is 0 Å². The second-order valence-electron chi connectivity index (χ2n) is 6.48. The summed E-state index contributed by atoms with van der Waals surface area (Å²) in [4.78, 5) is 9.81. The molecule has 0 amide bonds. The van der Waals surface area contributed by atoms with E-state index in [1.54, 1.807) is 0 Å². The molecule has 3 heterocycles. The van der Waals surface area contributed by atoms with E-state index in [4.69, 9.17) is 0 Å². The molecule has 4 nitrogen and oxygen atoms in total. The molecule has 2 saturated heterocycles. The number of fused-ring (bicyclic) bond motifs is 2. The Morgan fingerprint density at radius 2 is 2.10 bits per heavy atom. The fraction of sp³-hybridized carbons (Fsp3) is 0.706. The number of pyridine rings is 1. The SMILES string of the molecule is CCC(NC)c1ccc(N2CCC3CCC(C2)N3C)cn1. The van der Waals surface area contributed by atoms with Gasteiger partial charge in [-0.25, -0.2) is 0 Å². The van der Waals surface area contributed by atoms with Crippen LogP contribution in [0.4, 0.5) is 5.69 Å².